The Bertz CT molecular complexity index is 895. The number of rotatable bonds is 5. The number of nitrogens with one attached hydrogen (secondary N) is 1. The van der Waals surface area contributed by atoms with Crippen molar-refractivity contribution in [3.05, 3.63) is 77.9 Å². The number of amides is 1. The Kier molecular flexibility index (Phi) is 5.09. The Labute approximate surface area is 146 Å². The van der Waals surface area contributed by atoms with Gasteiger partial charge in [0, 0.05) is 5.69 Å². The van der Waals surface area contributed by atoms with E-state index >= 15 is 0 Å². The van der Waals surface area contributed by atoms with Crippen LogP contribution in [-0.4, -0.2) is 18.5 Å². The highest BCUT2D eigenvalue weighted by atomic mass is 16.5. The van der Waals surface area contributed by atoms with Gasteiger partial charge in [-0.15, -0.1) is 0 Å². The number of carbonyl (C=O) groups excluding carboxylic acids is 2. The fourth-order valence-electron chi connectivity index (χ4n) is 2.73. The van der Waals surface area contributed by atoms with Crippen LogP contribution in [0, 0.1) is 0 Å². The van der Waals surface area contributed by atoms with Crippen molar-refractivity contribution in [1.82, 2.24) is 0 Å². The third-order valence-corrected chi connectivity index (χ3v) is 3.91. The SMILES string of the molecule is CCOC(=O)c1ccc(NC(=O)Cc2cccc3ccccc23)cc1. The third kappa shape index (κ3) is 4.04. The van der Waals surface area contributed by atoms with Crippen LogP contribution in [0.5, 0.6) is 0 Å². The summed E-state index contributed by atoms with van der Waals surface area (Å²) in [7, 11) is 0. The first kappa shape index (κ1) is 16.7. The standard InChI is InChI=1S/C21H19NO3/c1-2-25-21(24)16-10-12-18(13-11-16)22-20(23)14-17-8-5-7-15-6-3-4-9-19(15)17/h3-13H,2,14H2,1H3,(H,22,23). The molecule has 4 nitrogen and oxygen atoms in total. The topological polar surface area (TPSA) is 55.4 Å². The lowest BCUT2D eigenvalue weighted by atomic mass is 10.0. The van der Waals surface area contributed by atoms with Crippen LogP contribution in [0.25, 0.3) is 10.8 Å². The Morgan fingerprint density at radius 3 is 2.40 bits per heavy atom. The molecule has 1 N–H and O–H groups in total. The molecule has 0 aliphatic rings. The van der Waals surface area contributed by atoms with Crippen molar-refractivity contribution >= 4 is 28.3 Å². The molecule has 0 bridgehead atoms. The summed E-state index contributed by atoms with van der Waals surface area (Å²) < 4.78 is 4.94. The van der Waals surface area contributed by atoms with Crippen LogP contribution in [0.15, 0.2) is 66.7 Å². The fourth-order valence-corrected chi connectivity index (χ4v) is 2.73. The summed E-state index contributed by atoms with van der Waals surface area (Å²) in [4.78, 5) is 24.0. The lowest BCUT2D eigenvalue weighted by molar-refractivity contribution is -0.115. The molecular formula is C21H19NO3. The molecule has 0 saturated heterocycles. The van der Waals surface area contributed by atoms with Gasteiger partial charge in [-0.25, -0.2) is 4.79 Å². The fraction of sp³-hybridized carbons (Fsp3) is 0.143. The average molecular weight is 333 g/mol. The van der Waals surface area contributed by atoms with Gasteiger partial charge in [-0.05, 0) is 47.5 Å². The second-order valence-corrected chi connectivity index (χ2v) is 5.66. The minimum atomic E-state index is -0.365. The summed E-state index contributed by atoms with van der Waals surface area (Å²) in [5.74, 6) is -0.462. The van der Waals surface area contributed by atoms with Crippen LogP contribution >= 0.6 is 0 Å². The van der Waals surface area contributed by atoms with Crippen molar-refractivity contribution in [2.45, 2.75) is 13.3 Å². The first-order chi connectivity index (χ1) is 12.2. The molecule has 0 aromatic heterocycles. The quantitative estimate of drug-likeness (QED) is 0.712. The van der Waals surface area contributed by atoms with E-state index in [4.69, 9.17) is 4.74 Å². The van der Waals surface area contributed by atoms with Crippen LogP contribution < -0.4 is 5.32 Å². The van der Waals surface area contributed by atoms with E-state index in [1.807, 2.05) is 42.5 Å². The average Bonchev–Trinajstić information content (AvgIpc) is 2.63. The number of benzene rings is 3. The highest BCUT2D eigenvalue weighted by Gasteiger charge is 2.09. The monoisotopic (exact) mass is 333 g/mol. The largest absolute Gasteiger partial charge is 0.462 e. The zero-order chi connectivity index (χ0) is 17.6. The van der Waals surface area contributed by atoms with Gasteiger partial charge in [-0.2, -0.15) is 0 Å². The minimum absolute atomic E-state index is 0.0970. The van der Waals surface area contributed by atoms with Crippen molar-refractivity contribution in [1.29, 1.82) is 0 Å². The predicted octanol–water partition coefficient (Wildman–Crippen LogP) is 4.20. The van der Waals surface area contributed by atoms with Crippen LogP contribution in [0.4, 0.5) is 5.69 Å². The maximum Gasteiger partial charge on any atom is 0.338 e. The maximum absolute atomic E-state index is 12.3. The lowest BCUT2D eigenvalue weighted by Crippen LogP contribution is -2.14. The molecule has 126 valence electrons. The van der Waals surface area contributed by atoms with Crippen molar-refractivity contribution in [2.75, 3.05) is 11.9 Å². The molecule has 0 atom stereocenters. The van der Waals surface area contributed by atoms with Crippen molar-refractivity contribution < 1.29 is 14.3 Å². The van der Waals surface area contributed by atoms with Gasteiger partial charge >= 0.3 is 5.97 Å². The van der Waals surface area contributed by atoms with Crippen LogP contribution in [0.3, 0.4) is 0 Å². The highest BCUT2D eigenvalue weighted by molar-refractivity contribution is 5.96. The molecule has 0 fully saturated rings. The number of hydrogen-bond donors (Lipinski definition) is 1. The van der Waals surface area contributed by atoms with Gasteiger partial charge in [-0.1, -0.05) is 42.5 Å². The molecule has 3 aromatic rings. The molecule has 3 rings (SSSR count). The van der Waals surface area contributed by atoms with Gasteiger partial charge in [-0.3, -0.25) is 4.79 Å². The van der Waals surface area contributed by atoms with Crippen molar-refractivity contribution in [3.8, 4) is 0 Å². The Hall–Kier alpha value is -3.14. The van der Waals surface area contributed by atoms with Crippen molar-refractivity contribution in [3.63, 3.8) is 0 Å². The van der Waals surface area contributed by atoms with Gasteiger partial charge < -0.3 is 10.1 Å². The number of fused-ring (bicyclic) bond motifs is 1. The summed E-state index contributed by atoms with van der Waals surface area (Å²) in [6, 6.07) is 20.7. The van der Waals surface area contributed by atoms with Crippen LogP contribution in [0.2, 0.25) is 0 Å². The number of carbonyl (C=O) groups is 2. The first-order valence-electron chi connectivity index (χ1n) is 8.21. The van der Waals surface area contributed by atoms with E-state index in [-0.39, 0.29) is 11.9 Å². The molecule has 0 heterocycles. The van der Waals surface area contributed by atoms with E-state index in [1.165, 1.54) is 0 Å². The van der Waals surface area contributed by atoms with Crippen molar-refractivity contribution in [2.24, 2.45) is 0 Å². The Morgan fingerprint density at radius 2 is 1.64 bits per heavy atom. The second-order valence-electron chi connectivity index (χ2n) is 5.66. The lowest BCUT2D eigenvalue weighted by Gasteiger charge is -2.08. The molecule has 0 spiro atoms. The van der Waals surface area contributed by atoms with E-state index < -0.39 is 0 Å². The van der Waals surface area contributed by atoms with E-state index in [9.17, 15) is 9.59 Å². The van der Waals surface area contributed by atoms with E-state index in [2.05, 4.69) is 5.32 Å². The Morgan fingerprint density at radius 1 is 0.920 bits per heavy atom. The van der Waals surface area contributed by atoms with E-state index in [1.54, 1.807) is 31.2 Å². The zero-order valence-corrected chi connectivity index (χ0v) is 14.0. The van der Waals surface area contributed by atoms with Gasteiger partial charge in [0.25, 0.3) is 0 Å². The number of hydrogen-bond acceptors (Lipinski definition) is 3. The van der Waals surface area contributed by atoms with Gasteiger partial charge in [0.05, 0.1) is 18.6 Å². The summed E-state index contributed by atoms with van der Waals surface area (Å²) in [6.45, 7) is 2.10. The number of esters is 1. The highest BCUT2D eigenvalue weighted by Crippen LogP contribution is 2.19. The molecule has 25 heavy (non-hydrogen) atoms. The predicted molar refractivity (Wildman–Crippen MR) is 98.7 cm³/mol. The molecule has 0 unspecified atom stereocenters. The van der Waals surface area contributed by atoms with Crippen LogP contribution in [0.1, 0.15) is 22.8 Å². The smallest absolute Gasteiger partial charge is 0.338 e. The van der Waals surface area contributed by atoms with E-state index in [0.717, 1.165) is 16.3 Å². The van der Waals surface area contributed by atoms with Crippen LogP contribution in [-0.2, 0) is 16.0 Å². The molecule has 3 aromatic carbocycles. The Balaban J connectivity index is 1.69. The molecule has 0 aliphatic carbocycles. The summed E-state index contributed by atoms with van der Waals surface area (Å²) in [5, 5.41) is 5.06. The first-order valence-corrected chi connectivity index (χ1v) is 8.21. The molecule has 0 saturated carbocycles. The van der Waals surface area contributed by atoms with Gasteiger partial charge in [0.15, 0.2) is 0 Å². The zero-order valence-electron chi connectivity index (χ0n) is 14.0. The summed E-state index contributed by atoms with van der Waals surface area (Å²) in [6.07, 6.45) is 0.293. The summed E-state index contributed by atoms with van der Waals surface area (Å²) in [5.41, 5.74) is 2.10. The second kappa shape index (κ2) is 7.62. The normalized spacial score (nSPS) is 10.4. The molecule has 4 heteroatoms. The molecule has 1 amide bonds. The number of anilines is 1. The third-order valence-electron chi connectivity index (χ3n) is 3.91. The van der Waals surface area contributed by atoms with Gasteiger partial charge in [0.1, 0.15) is 0 Å². The number of ether oxygens (including phenoxy) is 1. The minimum Gasteiger partial charge on any atom is -0.462 e. The summed E-state index contributed by atoms with van der Waals surface area (Å²) >= 11 is 0. The maximum atomic E-state index is 12.3. The van der Waals surface area contributed by atoms with Gasteiger partial charge in [0.2, 0.25) is 5.91 Å². The van der Waals surface area contributed by atoms with E-state index in [0.29, 0.717) is 24.3 Å². The molecule has 0 aliphatic heterocycles. The molecular weight excluding hydrogens is 314 g/mol. The molecule has 0 radical (unpaired) electrons.